The van der Waals surface area contributed by atoms with Crippen LogP contribution in [0.2, 0.25) is 0 Å². The Kier molecular flexibility index (Phi) is 2.41. The standard InChI is InChI=1S/C7H11F3N2/c1-5-2-12(3-6(5)11)4-7(8,9)10/h5,11H,2-4H2,1H3/t5-/m1/s1. The van der Waals surface area contributed by atoms with Crippen LogP contribution in [0.1, 0.15) is 6.92 Å². The van der Waals surface area contributed by atoms with Gasteiger partial charge < -0.3 is 5.41 Å². The molecule has 0 aromatic rings. The Morgan fingerprint density at radius 2 is 2.17 bits per heavy atom. The van der Waals surface area contributed by atoms with E-state index in [1.165, 1.54) is 4.90 Å². The van der Waals surface area contributed by atoms with Crippen LogP contribution in [0.3, 0.4) is 0 Å². The van der Waals surface area contributed by atoms with Crippen LogP contribution in [0.5, 0.6) is 0 Å². The molecule has 1 aliphatic rings. The highest BCUT2D eigenvalue weighted by Gasteiger charge is 2.34. The summed E-state index contributed by atoms with van der Waals surface area (Å²) in [4.78, 5) is 1.26. The first kappa shape index (κ1) is 9.51. The molecule has 0 bridgehead atoms. The van der Waals surface area contributed by atoms with Gasteiger partial charge in [-0.3, -0.25) is 4.90 Å². The summed E-state index contributed by atoms with van der Waals surface area (Å²) in [6, 6.07) is 0. The third-order valence-electron chi connectivity index (χ3n) is 1.92. The van der Waals surface area contributed by atoms with Crippen LogP contribution in [-0.2, 0) is 0 Å². The second-order valence-corrected chi connectivity index (χ2v) is 3.21. The molecule has 5 heteroatoms. The molecule has 0 aliphatic carbocycles. The van der Waals surface area contributed by atoms with Crippen molar-refractivity contribution in [2.45, 2.75) is 13.1 Å². The van der Waals surface area contributed by atoms with Gasteiger partial charge in [0.15, 0.2) is 0 Å². The Labute approximate surface area is 68.9 Å². The van der Waals surface area contributed by atoms with E-state index >= 15 is 0 Å². The van der Waals surface area contributed by atoms with Crippen molar-refractivity contribution < 1.29 is 13.2 Å². The molecule has 1 aliphatic heterocycles. The van der Waals surface area contributed by atoms with E-state index in [0.29, 0.717) is 12.3 Å². The van der Waals surface area contributed by atoms with Crippen molar-refractivity contribution in [3.8, 4) is 0 Å². The third-order valence-corrected chi connectivity index (χ3v) is 1.92. The lowest BCUT2D eigenvalue weighted by Gasteiger charge is -2.16. The molecular formula is C7H11F3N2. The Morgan fingerprint density at radius 1 is 1.58 bits per heavy atom. The molecule has 0 aromatic carbocycles. The van der Waals surface area contributed by atoms with Crippen LogP contribution in [0.4, 0.5) is 13.2 Å². The summed E-state index contributed by atoms with van der Waals surface area (Å²) in [5, 5.41) is 7.28. The largest absolute Gasteiger partial charge is 0.401 e. The molecule has 0 amide bonds. The zero-order valence-electron chi connectivity index (χ0n) is 6.78. The zero-order chi connectivity index (χ0) is 9.35. The number of hydrogen-bond donors (Lipinski definition) is 1. The van der Waals surface area contributed by atoms with Gasteiger partial charge in [0.25, 0.3) is 0 Å². The summed E-state index contributed by atoms with van der Waals surface area (Å²) >= 11 is 0. The quantitative estimate of drug-likeness (QED) is 0.650. The van der Waals surface area contributed by atoms with Gasteiger partial charge in [-0.1, -0.05) is 6.92 Å². The highest BCUT2D eigenvalue weighted by molar-refractivity contribution is 5.87. The lowest BCUT2D eigenvalue weighted by atomic mass is 10.1. The first-order chi connectivity index (χ1) is 5.38. The van der Waals surface area contributed by atoms with Gasteiger partial charge >= 0.3 is 6.18 Å². The Bertz CT molecular complexity index is 188. The number of alkyl halides is 3. The predicted molar refractivity (Wildman–Crippen MR) is 39.4 cm³/mol. The van der Waals surface area contributed by atoms with Crippen molar-refractivity contribution in [2.24, 2.45) is 5.92 Å². The van der Waals surface area contributed by atoms with Crippen LogP contribution < -0.4 is 0 Å². The third kappa shape index (κ3) is 2.48. The number of hydrogen-bond acceptors (Lipinski definition) is 2. The molecule has 1 heterocycles. The van der Waals surface area contributed by atoms with Crippen LogP contribution in [-0.4, -0.2) is 36.4 Å². The van der Waals surface area contributed by atoms with Crippen molar-refractivity contribution in [1.29, 1.82) is 5.41 Å². The molecular weight excluding hydrogens is 169 g/mol. The smallest absolute Gasteiger partial charge is 0.308 e. The number of likely N-dealkylation sites (tertiary alicyclic amines) is 1. The monoisotopic (exact) mass is 180 g/mol. The molecule has 2 nitrogen and oxygen atoms in total. The molecule has 70 valence electrons. The van der Waals surface area contributed by atoms with E-state index in [-0.39, 0.29) is 12.5 Å². The number of halogens is 3. The SMILES string of the molecule is C[C@@H]1CN(CC(F)(F)F)CC1=N. The van der Waals surface area contributed by atoms with Crippen LogP contribution >= 0.6 is 0 Å². The minimum Gasteiger partial charge on any atom is -0.308 e. The molecule has 0 unspecified atom stereocenters. The number of nitrogens with zero attached hydrogens (tertiary/aromatic N) is 1. The molecule has 0 radical (unpaired) electrons. The zero-order valence-corrected chi connectivity index (χ0v) is 6.78. The average Bonchev–Trinajstić information content (AvgIpc) is 2.07. The minimum absolute atomic E-state index is 0.0210. The summed E-state index contributed by atoms with van der Waals surface area (Å²) in [6.07, 6.45) is -4.13. The van der Waals surface area contributed by atoms with Gasteiger partial charge in [0.2, 0.25) is 0 Å². The first-order valence-electron chi connectivity index (χ1n) is 3.75. The van der Waals surface area contributed by atoms with Crippen LogP contribution in [0.25, 0.3) is 0 Å². The Balaban J connectivity index is 2.43. The maximum atomic E-state index is 11.8. The van der Waals surface area contributed by atoms with Crippen molar-refractivity contribution in [3.63, 3.8) is 0 Å². The van der Waals surface area contributed by atoms with Gasteiger partial charge in [0.1, 0.15) is 0 Å². The van der Waals surface area contributed by atoms with Gasteiger partial charge in [-0.25, -0.2) is 0 Å². The molecule has 1 atom stereocenters. The van der Waals surface area contributed by atoms with Crippen molar-refractivity contribution in [1.82, 2.24) is 4.90 Å². The molecule has 1 fully saturated rings. The first-order valence-corrected chi connectivity index (χ1v) is 3.75. The second-order valence-electron chi connectivity index (χ2n) is 3.21. The Morgan fingerprint density at radius 3 is 2.50 bits per heavy atom. The van der Waals surface area contributed by atoms with E-state index in [9.17, 15) is 13.2 Å². The summed E-state index contributed by atoms with van der Waals surface area (Å²) in [7, 11) is 0. The molecule has 1 rings (SSSR count). The molecule has 0 aromatic heterocycles. The minimum atomic E-state index is -4.13. The maximum absolute atomic E-state index is 11.8. The van der Waals surface area contributed by atoms with E-state index in [1.807, 2.05) is 0 Å². The highest BCUT2D eigenvalue weighted by Crippen LogP contribution is 2.20. The van der Waals surface area contributed by atoms with Crippen molar-refractivity contribution >= 4 is 5.71 Å². The molecule has 0 spiro atoms. The molecule has 0 saturated carbocycles. The topological polar surface area (TPSA) is 27.1 Å². The van der Waals surface area contributed by atoms with E-state index in [0.717, 1.165) is 0 Å². The lowest BCUT2D eigenvalue weighted by Crippen LogP contribution is -2.32. The predicted octanol–water partition coefficient (Wildman–Crippen LogP) is 1.52. The molecule has 12 heavy (non-hydrogen) atoms. The van der Waals surface area contributed by atoms with E-state index in [4.69, 9.17) is 5.41 Å². The number of rotatable bonds is 1. The van der Waals surface area contributed by atoms with Crippen molar-refractivity contribution in [3.05, 3.63) is 0 Å². The highest BCUT2D eigenvalue weighted by atomic mass is 19.4. The van der Waals surface area contributed by atoms with E-state index < -0.39 is 12.7 Å². The van der Waals surface area contributed by atoms with Crippen LogP contribution in [0.15, 0.2) is 0 Å². The fourth-order valence-electron chi connectivity index (χ4n) is 1.33. The van der Waals surface area contributed by atoms with E-state index in [2.05, 4.69) is 0 Å². The van der Waals surface area contributed by atoms with Gasteiger partial charge in [0.05, 0.1) is 6.54 Å². The van der Waals surface area contributed by atoms with E-state index in [1.54, 1.807) is 6.92 Å². The van der Waals surface area contributed by atoms with Gasteiger partial charge in [0, 0.05) is 24.7 Å². The van der Waals surface area contributed by atoms with Gasteiger partial charge in [-0.05, 0) is 0 Å². The Hall–Kier alpha value is -0.580. The van der Waals surface area contributed by atoms with Gasteiger partial charge in [-0.15, -0.1) is 0 Å². The lowest BCUT2D eigenvalue weighted by molar-refractivity contribution is -0.143. The van der Waals surface area contributed by atoms with Crippen LogP contribution in [0, 0.1) is 11.3 Å². The number of nitrogens with one attached hydrogen (secondary N) is 1. The maximum Gasteiger partial charge on any atom is 0.401 e. The second kappa shape index (κ2) is 3.05. The summed E-state index contributed by atoms with van der Waals surface area (Å²) in [5.74, 6) is -0.0210. The summed E-state index contributed by atoms with van der Waals surface area (Å²) in [6.45, 7) is 1.41. The van der Waals surface area contributed by atoms with Crippen molar-refractivity contribution in [2.75, 3.05) is 19.6 Å². The molecule has 1 N–H and O–H groups in total. The summed E-state index contributed by atoms with van der Waals surface area (Å²) in [5.41, 5.74) is 0.402. The summed E-state index contributed by atoms with van der Waals surface area (Å²) < 4.78 is 35.5. The van der Waals surface area contributed by atoms with Gasteiger partial charge in [-0.2, -0.15) is 13.2 Å². The fraction of sp³-hybridized carbons (Fsp3) is 0.857. The average molecular weight is 180 g/mol. The molecule has 1 saturated heterocycles. The fourth-order valence-corrected chi connectivity index (χ4v) is 1.33. The normalized spacial score (nSPS) is 26.7.